The zero-order valence-electron chi connectivity index (χ0n) is 22.1. The molecular formula is C29H34N8O2. The highest BCUT2D eigenvalue weighted by molar-refractivity contribution is 6.07. The maximum absolute atomic E-state index is 12.8. The summed E-state index contributed by atoms with van der Waals surface area (Å²) >= 11 is 0. The Hall–Kier alpha value is -4.28. The molecule has 0 saturated carbocycles. The Morgan fingerprint density at radius 3 is 2.72 bits per heavy atom. The molecule has 10 nitrogen and oxygen atoms in total. The molecule has 10 heteroatoms. The Kier molecular flexibility index (Phi) is 8.14. The Morgan fingerprint density at radius 1 is 1.18 bits per heavy atom. The van der Waals surface area contributed by atoms with Gasteiger partial charge < -0.3 is 20.8 Å². The van der Waals surface area contributed by atoms with Crippen LogP contribution >= 0.6 is 0 Å². The van der Waals surface area contributed by atoms with Crippen molar-refractivity contribution in [1.82, 2.24) is 25.3 Å². The van der Waals surface area contributed by atoms with E-state index in [-0.39, 0.29) is 11.7 Å². The second kappa shape index (κ2) is 12.1. The molecule has 0 atom stereocenters. The van der Waals surface area contributed by atoms with Crippen LogP contribution in [0.5, 0.6) is 0 Å². The number of nitrogens with two attached hydrogens (primary N) is 1. The molecule has 202 valence electrons. The van der Waals surface area contributed by atoms with E-state index in [1.807, 2.05) is 48.5 Å². The number of amides is 1. The van der Waals surface area contributed by atoms with Crippen LogP contribution in [0.1, 0.15) is 34.8 Å². The zero-order chi connectivity index (χ0) is 27.2. The van der Waals surface area contributed by atoms with Crippen molar-refractivity contribution in [3.8, 4) is 11.3 Å². The Bertz CT molecular complexity index is 1440. The quantitative estimate of drug-likeness (QED) is 0.184. The second-order valence-electron chi connectivity index (χ2n) is 9.51. The van der Waals surface area contributed by atoms with Crippen molar-refractivity contribution in [2.45, 2.75) is 19.8 Å². The maximum Gasteiger partial charge on any atom is 0.251 e. The van der Waals surface area contributed by atoms with Gasteiger partial charge in [-0.1, -0.05) is 25.1 Å². The van der Waals surface area contributed by atoms with Gasteiger partial charge in [0.1, 0.15) is 5.84 Å². The van der Waals surface area contributed by atoms with E-state index < -0.39 is 0 Å². The fourth-order valence-corrected chi connectivity index (χ4v) is 4.77. The topological polar surface area (TPSA) is 136 Å². The van der Waals surface area contributed by atoms with Gasteiger partial charge in [-0.25, -0.2) is 15.0 Å². The Labute approximate surface area is 227 Å². The standard InChI is InChI=1S/C29H34N8O2/c1-2-13-37(36-14-16-39-17-15-36)29-33-12-10-25(35-29)21-4-6-22(7-5-21)28(38)32-11-9-20-3-8-26-23(18-20)24(19-34-26)27(30)31/h3-8,10,12,18-19,34H,2,9,11,13-17H2,1H3,(H3,30,31)(H,32,38). The minimum Gasteiger partial charge on any atom is -0.384 e. The van der Waals surface area contributed by atoms with Crippen LogP contribution in [0.3, 0.4) is 0 Å². The number of nitrogens with zero attached hydrogens (tertiary/aromatic N) is 4. The molecule has 4 aromatic rings. The minimum atomic E-state index is -0.126. The van der Waals surface area contributed by atoms with Crippen LogP contribution in [0, 0.1) is 5.41 Å². The number of nitrogens with one attached hydrogen (secondary N) is 3. The number of benzene rings is 2. The number of fused-ring (bicyclic) bond motifs is 1. The van der Waals surface area contributed by atoms with E-state index in [2.05, 4.69) is 32.2 Å². The van der Waals surface area contributed by atoms with Gasteiger partial charge in [0.25, 0.3) is 5.91 Å². The molecule has 0 radical (unpaired) electrons. The number of hydrogen-bond donors (Lipinski definition) is 4. The molecule has 5 rings (SSSR count). The summed E-state index contributed by atoms with van der Waals surface area (Å²) in [6.07, 6.45) is 5.18. The van der Waals surface area contributed by atoms with Crippen molar-refractivity contribution in [2.75, 3.05) is 44.4 Å². The average molecular weight is 527 g/mol. The predicted molar refractivity (Wildman–Crippen MR) is 153 cm³/mol. The number of aromatic nitrogens is 3. The lowest BCUT2D eigenvalue weighted by Crippen LogP contribution is -2.50. The van der Waals surface area contributed by atoms with Crippen LogP contribution in [0.15, 0.2) is 60.9 Å². The summed E-state index contributed by atoms with van der Waals surface area (Å²) in [6.45, 7) is 6.51. The summed E-state index contributed by atoms with van der Waals surface area (Å²) < 4.78 is 5.50. The number of ether oxygens (including phenoxy) is 1. The fourth-order valence-electron chi connectivity index (χ4n) is 4.77. The first-order valence-electron chi connectivity index (χ1n) is 13.3. The van der Waals surface area contributed by atoms with E-state index in [1.165, 1.54) is 0 Å². The van der Waals surface area contributed by atoms with Crippen LogP contribution in [-0.4, -0.2) is 71.1 Å². The number of hydrazine groups is 1. The van der Waals surface area contributed by atoms with Gasteiger partial charge in [0.2, 0.25) is 5.95 Å². The smallest absolute Gasteiger partial charge is 0.251 e. The second-order valence-corrected chi connectivity index (χ2v) is 9.51. The number of morpholine rings is 1. The number of carbonyl (C=O) groups excluding carboxylic acids is 1. The molecule has 1 aliphatic rings. The third-order valence-electron chi connectivity index (χ3n) is 6.82. The number of amidine groups is 1. The van der Waals surface area contributed by atoms with Crippen molar-refractivity contribution >= 4 is 28.6 Å². The lowest BCUT2D eigenvalue weighted by atomic mass is 10.1. The molecule has 1 amide bonds. The molecule has 3 heterocycles. The average Bonchev–Trinajstić information content (AvgIpc) is 3.40. The zero-order valence-corrected chi connectivity index (χ0v) is 22.1. The fraction of sp³-hybridized carbons (Fsp3) is 0.310. The van der Waals surface area contributed by atoms with E-state index in [0.29, 0.717) is 43.3 Å². The molecular weight excluding hydrogens is 492 g/mol. The number of rotatable bonds is 10. The molecule has 2 aromatic carbocycles. The van der Waals surface area contributed by atoms with E-state index in [9.17, 15) is 4.79 Å². The largest absolute Gasteiger partial charge is 0.384 e. The summed E-state index contributed by atoms with van der Waals surface area (Å²) in [5.74, 6) is 0.577. The summed E-state index contributed by atoms with van der Waals surface area (Å²) in [5, 5.41) is 16.0. The summed E-state index contributed by atoms with van der Waals surface area (Å²) in [6, 6.07) is 15.4. The summed E-state index contributed by atoms with van der Waals surface area (Å²) in [7, 11) is 0. The minimum absolute atomic E-state index is 0.0312. The molecule has 1 aliphatic heterocycles. The van der Waals surface area contributed by atoms with Crippen molar-refractivity contribution in [1.29, 1.82) is 5.41 Å². The van der Waals surface area contributed by atoms with Gasteiger partial charge in [-0.05, 0) is 48.7 Å². The molecule has 0 spiro atoms. The highest BCUT2D eigenvalue weighted by Crippen LogP contribution is 2.22. The van der Waals surface area contributed by atoms with Crippen LogP contribution in [0.2, 0.25) is 0 Å². The van der Waals surface area contributed by atoms with E-state index in [4.69, 9.17) is 20.9 Å². The van der Waals surface area contributed by atoms with Crippen LogP contribution in [0.25, 0.3) is 22.2 Å². The lowest BCUT2D eigenvalue weighted by Gasteiger charge is -2.37. The van der Waals surface area contributed by atoms with E-state index in [0.717, 1.165) is 53.8 Å². The maximum atomic E-state index is 12.8. The molecule has 5 N–H and O–H groups in total. The van der Waals surface area contributed by atoms with Crippen molar-refractivity contribution in [3.63, 3.8) is 0 Å². The number of carbonyl (C=O) groups is 1. The number of hydrogen-bond acceptors (Lipinski definition) is 7. The van der Waals surface area contributed by atoms with Gasteiger partial charge in [-0.15, -0.1) is 0 Å². The monoisotopic (exact) mass is 526 g/mol. The van der Waals surface area contributed by atoms with Crippen LogP contribution in [-0.2, 0) is 11.2 Å². The normalized spacial score (nSPS) is 13.9. The van der Waals surface area contributed by atoms with Crippen LogP contribution < -0.4 is 16.1 Å². The first-order valence-corrected chi connectivity index (χ1v) is 13.3. The molecule has 0 bridgehead atoms. The highest BCUT2D eigenvalue weighted by atomic mass is 16.5. The third-order valence-corrected chi connectivity index (χ3v) is 6.82. The molecule has 0 unspecified atom stereocenters. The van der Waals surface area contributed by atoms with Gasteiger partial charge in [0, 0.05) is 66.2 Å². The number of nitrogen functional groups attached to an aromatic ring is 1. The van der Waals surface area contributed by atoms with Gasteiger partial charge in [0.05, 0.1) is 18.9 Å². The Morgan fingerprint density at radius 2 is 1.97 bits per heavy atom. The summed E-state index contributed by atoms with van der Waals surface area (Å²) in [5.41, 5.74) is 10.7. The lowest BCUT2D eigenvalue weighted by molar-refractivity contribution is 0.0308. The first kappa shape index (κ1) is 26.3. The summed E-state index contributed by atoms with van der Waals surface area (Å²) in [4.78, 5) is 25.3. The number of H-pyrrole nitrogens is 1. The van der Waals surface area contributed by atoms with E-state index >= 15 is 0 Å². The van der Waals surface area contributed by atoms with Crippen LogP contribution in [0.4, 0.5) is 5.95 Å². The van der Waals surface area contributed by atoms with Gasteiger partial charge in [0.15, 0.2) is 0 Å². The van der Waals surface area contributed by atoms with E-state index in [1.54, 1.807) is 12.4 Å². The molecule has 1 saturated heterocycles. The number of anilines is 1. The Balaban J connectivity index is 1.21. The van der Waals surface area contributed by atoms with Crippen molar-refractivity contribution < 1.29 is 9.53 Å². The first-order chi connectivity index (χ1) is 19.0. The van der Waals surface area contributed by atoms with Gasteiger partial charge >= 0.3 is 0 Å². The van der Waals surface area contributed by atoms with Gasteiger partial charge in [-0.2, -0.15) is 0 Å². The SMILES string of the molecule is CCCN(c1nccc(-c2ccc(C(=O)NCCc3ccc4[nH]cc(C(=N)N)c4c3)cc2)n1)N1CCOCC1. The third kappa shape index (κ3) is 6.08. The molecule has 1 fully saturated rings. The highest BCUT2D eigenvalue weighted by Gasteiger charge is 2.21. The molecule has 2 aromatic heterocycles. The van der Waals surface area contributed by atoms with Gasteiger partial charge in [-0.3, -0.25) is 15.2 Å². The van der Waals surface area contributed by atoms with Crippen molar-refractivity contribution in [2.24, 2.45) is 5.73 Å². The molecule has 0 aliphatic carbocycles. The predicted octanol–water partition coefficient (Wildman–Crippen LogP) is 3.35. The number of aromatic amines is 1. The molecule has 39 heavy (non-hydrogen) atoms. The van der Waals surface area contributed by atoms with Crippen molar-refractivity contribution in [3.05, 3.63) is 77.6 Å².